The molecule has 0 unspecified atom stereocenters. The van der Waals surface area contributed by atoms with Crippen molar-refractivity contribution in [2.45, 2.75) is 37.8 Å². The van der Waals surface area contributed by atoms with Crippen LogP contribution < -0.4 is 15.4 Å². The van der Waals surface area contributed by atoms with E-state index in [2.05, 4.69) is 25.5 Å². The average Bonchev–Trinajstić information content (AvgIpc) is 3.50. The van der Waals surface area contributed by atoms with Crippen LogP contribution in [0.4, 0.5) is 10.5 Å². The van der Waals surface area contributed by atoms with E-state index in [-0.39, 0.29) is 12.1 Å². The Bertz CT molecular complexity index is 725. The summed E-state index contributed by atoms with van der Waals surface area (Å²) in [5.74, 6) is 0.620. The maximum atomic E-state index is 12.2. The van der Waals surface area contributed by atoms with Crippen LogP contribution >= 0.6 is 0 Å². The minimum Gasteiger partial charge on any atom is -0.424 e. The first-order chi connectivity index (χ1) is 12.8. The molecule has 7 nitrogen and oxygen atoms in total. The summed E-state index contributed by atoms with van der Waals surface area (Å²) in [6.07, 6.45) is 7.97. The molecule has 7 heteroatoms. The largest absolute Gasteiger partial charge is 0.424 e. The molecule has 1 saturated heterocycles. The second kappa shape index (κ2) is 7.70. The summed E-state index contributed by atoms with van der Waals surface area (Å²) in [4.78, 5) is 22.8. The van der Waals surface area contributed by atoms with Gasteiger partial charge in [0.15, 0.2) is 0 Å². The van der Waals surface area contributed by atoms with Crippen molar-refractivity contribution in [3.63, 3.8) is 0 Å². The highest BCUT2D eigenvalue weighted by Crippen LogP contribution is 2.29. The van der Waals surface area contributed by atoms with Gasteiger partial charge in [-0.25, -0.2) is 14.8 Å². The summed E-state index contributed by atoms with van der Waals surface area (Å²) in [7, 11) is 0. The average molecular weight is 353 g/mol. The molecule has 2 aromatic rings. The SMILES string of the molecule is O=C(Nc1ccc(Oc2ncccn2)cc1)NC1CCN(C2CC2)CC1. The van der Waals surface area contributed by atoms with Crippen molar-refractivity contribution in [3.8, 4) is 11.8 Å². The van der Waals surface area contributed by atoms with E-state index in [9.17, 15) is 4.79 Å². The lowest BCUT2D eigenvalue weighted by Gasteiger charge is -2.32. The maximum Gasteiger partial charge on any atom is 0.321 e. The Labute approximate surface area is 152 Å². The summed E-state index contributed by atoms with van der Waals surface area (Å²) in [6.45, 7) is 2.17. The van der Waals surface area contributed by atoms with E-state index in [4.69, 9.17) is 4.74 Å². The third-order valence-electron chi connectivity index (χ3n) is 4.79. The zero-order valence-corrected chi connectivity index (χ0v) is 14.6. The molecule has 2 heterocycles. The number of urea groups is 1. The van der Waals surface area contributed by atoms with E-state index >= 15 is 0 Å². The molecular formula is C19H23N5O2. The molecule has 2 amide bonds. The molecule has 1 aromatic heterocycles. The number of anilines is 1. The molecule has 1 aliphatic heterocycles. The number of ether oxygens (including phenoxy) is 1. The van der Waals surface area contributed by atoms with Crippen molar-refractivity contribution in [1.29, 1.82) is 0 Å². The number of benzene rings is 1. The first-order valence-electron chi connectivity index (χ1n) is 9.13. The number of aromatic nitrogens is 2. The van der Waals surface area contributed by atoms with Crippen molar-refractivity contribution < 1.29 is 9.53 Å². The van der Waals surface area contributed by atoms with E-state index in [1.807, 2.05) is 0 Å². The second-order valence-electron chi connectivity index (χ2n) is 6.80. The van der Waals surface area contributed by atoms with Gasteiger partial charge < -0.3 is 20.3 Å². The van der Waals surface area contributed by atoms with Crippen molar-refractivity contribution >= 4 is 11.7 Å². The van der Waals surface area contributed by atoms with Gasteiger partial charge in [0, 0.05) is 43.3 Å². The standard InChI is InChI=1S/C19H23N5O2/c25-18(23-15-8-12-24(13-9-15)16-4-5-16)22-14-2-6-17(7-3-14)26-19-20-10-1-11-21-19/h1-3,6-7,10-11,15-16H,4-5,8-9,12-13H2,(H2,22,23,25). The Morgan fingerprint density at radius 2 is 1.73 bits per heavy atom. The summed E-state index contributed by atoms with van der Waals surface area (Å²) in [5, 5.41) is 5.95. The highest BCUT2D eigenvalue weighted by Gasteiger charge is 2.32. The lowest BCUT2D eigenvalue weighted by Crippen LogP contribution is -2.46. The molecule has 2 fully saturated rings. The number of carbonyl (C=O) groups excluding carboxylic acids is 1. The molecule has 0 bridgehead atoms. The van der Waals surface area contributed by atoms with Gasteiger partial charge >= 0.3 is 12.0 Å². The van der Waals surface area contributed by atoms with Crippen molar-refractivity contribution in [3.05, 3.63) is 42.7 Å². The van der Waals surface area contributed by atoms with Gasteiger partial charge in [-0.3, -0.25) is 0 Å². The first kappa shape index (κ1) is 16.8. The summed E-state index contributed by atoms with van der Waals surface area (Å²) < 4.78 is 5.54. The van der Waals surface area contributed by atoms with Crippen LogP contribution in [0.25, 0.3) is 0 Å². The molecule has 1 aliphatic carbocycles. The highest BCUT2D eigenvalue weighted by molar-refractivity contribution is 5.89. The van der Waals surface area contributed by atoms with Crippen molar-refractivity contribution in [2.24, 2.45) is 0 Å². The van der Waals surface area contributed by atoms with Gasteiger partial charge in [-0.15, -0.1) is 0 Å². The minimum absolute atomic E-state index is 0.157. The quantitative estimate of drug-likeness (QED) is 0.864. The normalized spacial score (nSPS) is 18.3. The van der Waals surface area contributed by atoms with Gasteiger partial charge in [-0.2, -0.15) is 0 Å². The number of rotatable bonds is 5. The zero-order valence-electron chi connectivity index (χ0n) is 14.6. The molecule has 2 N–H and O–H groups in total. The fourth-order valence-corrected chi connectivity index (χ4v) is 3.25. The Balaban J connectivity index is 1.24. The minimum atomic E-state index is -0.157. The number of amides is 2. The summed E-state index contributed by atoms with van der Waals surface area (Å²) in [5.41, 5.74) is 0.722. The molecule has 0 atom stereocenters. The molecule has 0 spiro atoms. The fraction of sp³-hybridized carbons (Fsp3) is 0.421. The van der Waals surface area contributed by atoms with Crippen LogP contribution in [0, 0.1) is 0 Å². The molecule has 1 saturated carbocycles. The predicted molar refractivity (Wildman–Crippen MR) is 98.3 cm³/mol. The number of hydrogen-bond acceptors (Lipinski definition) is 5. The van der Waals surface area contributed by atoms with Crippen LogP contribution in [0.5, 0.6) is 11.8 Å². The number of nitrogens with zero attached hydrogens (tertiary/aromatic N) is 3. The van der Waals surface area contributed by atoms with Gasteiger partial charge in [0.05, 0.1) is 0 Å². The van der Waals surface area contributed by atoms with Crippen LogP contribution in [0.3, 0.4) is 0 Å². The van der Waals surface area contributed by atoms with E-state index in [0.717, 1.165) is 37.7 Å². The number of hydrogen-bond donors (Lipinski definition) is 2. The van der Waals surface area contributed by atoms with Gasteiger partial charge in [0.1, 0.15) is 5.75 Å². The smallest absolute Gasteiger partial charge is 0.321 e. The van der Waals surface area contributed by atoms with Crippen molar-refractivity contribution in [2.75, 3.05) is 18.4 Å². The molecule has 136 valence electrons. The molecular weight excluding hydrogens is 330 g/mol. The molecule has 2 aliphatic rings. The Hall–Kier alpha value is -2.67. The fourth-order valence-electron chi connectivity index (χ4n) is 3.25. The zero-order chi connectivity index (χ0) is 17.8. The van der Waals surface area contributed by atoms with Crippen LogP contribution in [0.2, 0.25) is 0 Å². The summed E-state index contributed by atoms with van der Waals surface area (Å²) in [6, 6.07) is 10.1. The lowest BCUT2D eigenvalue weighted by molar-refractivity contribution is 0.189. The third kappa shape index (κ3) is 4.49. The van der Waals surface area contributed by atoms with Crippen LogP contribution in [0.15, 0.2) is 42.7 Å². The van der Waals surface area contributed by atoms with E-state index in [1.54, 1.807) is 42.7 Å². The van der Waals surface area contributed by atoms with Gasteiger partial charge in [0.2, 0.25) is 0 Å². The number of likely N-dealkylation sites (tertiary alicyclic amines) is 1. The highest BCUT2D eigenvalue weighted by atomic mass is 16.5. The Morgan fingerprint density at radius 3 is 2.38 bits per heavy atom. The van der Waals surface area contributed by atoms with E-state index < -0.39 is 0 Å². The molecule has 0 radical (unpaired) electrons. The van der Waals surface area contributed by atoms with Gasteiger partial charge in [-0.05, 0) is 56.0 Å². The topological polar surface area (TPSA) is 79.4 Å². The summed E-state index contributed by atoms with van der Waals surface area (Å²) >= 11 is 0. The number of carbonyl (C=O) groups is 1. The number of nitrogens with one attached hydrogen (secondary N) is 2. The van der Waals surface area contributed by atoms with Crippen molar-refractivity contribution in [1.82, 2.24) is 20.2 Å². The van der Waals surface area contributed by atoms with Gasteiger partial charge in [0.25, 0.3) is 0 Å². The van der Waals surface area contributed by atoms with E-state index in [1.165, 1.54) is 12.8 Å². The third-order valence-corrected chi connectivity index (χ3v) is 4.79. The predicted octanol–water partition coefficient (Wildman–Crippen LogP) is 3.02. The maximum absolute atomic E-state index is 12.2. The lowest BCUT2D eigenvalue weighted by atomic mass is 10.1. The Morgan fingerprint density at radius 1 is 1.04 bits per heavy atom. The van der Waals surface area contributed by atoms with Crippen LogP contribution in [-0.2, 0) is 0 Å². The number of piperidine rings is 1. The first-order valence-corrected chi connectivity index (χ1v) is 9.13. The van der Waals surface area contributed by atoms with Crippen LogP contribution in [-0.4, -0.2) is 46.1 Å². The second-order valence-corrected chi connectivity index (χ2v) is 6.80. The Kier molecular flexibility index (Phi) is 4.97. The van der Waals surface area contributed by atoms with Crippen LogP contribution in [0.1, 0.15) is 25.7 Å². The molecule has 26 heavy (non-hydrogen) atoms. The molecule has 4 rings (SSSR count). The van der Waals surface area contributed by atoms with Gasteiger partial charge in [-0.1, -0.05) is 0 Å². The molecule has 1 aromatic carbocycles. The van der Waals surface area contributed by atoms with E-state index in [0.29, 0.717) is 11.8 Å². The monoisotopic (exact) mass is 353 g/mol.